The highest BCUT2D eigenvalue weighted by molar-refractivity contribution is 6.01. The maximum absolute atomic E-state index is 12.1. The van der Waals surface area contributed by atoms with E-state index >= 15 is 0 Å². The molecule has 0 unspecified atom stereocenters. The summed E-state index contributed by atoms with van der Waals surface area (Å²) >= 11 is 0. The molecule has 1 aromatic rings. The van der Waals surface area contributed by atoms with Gasteiger partial charge in [-0.2, -0.15) is 0 Å². The smallest absolute Gasteiger partial charge is 0.410 e. The van der Waals surface area contributed by atoms with E-state index in [1.165, 1.54) is 12.1 Å². The Morgan fingerprint density at radius 1 is 1.00 bits per heavy atom. The second-order valence-corrected chi connectivity index (χ2v) is 7.23. The van der Waals surface area contributed by atoms with Crippen LogP contribution in [0.1, 0.15) is 47.1 Å². The van der Waals surface area contributed by atoms with Crippen molar-refractivity contribution < 1.29 is 29.3 Å². The maximum atomic E-state index is 12.1. The lowest BCUT2D eigenvalue weighted by molar-refractivity contribution is 0.0138. The predicted octanol–water partition coefficient (Wildman–Crippen LogP) is 2.14. The number of carboxylic acids is 2. The lowest BCUT2D eigenvalue weighted by atomic mass is 10.0. The van der Waals surface area contributed by atoms with Crippen LogP contribution >= 0.6 is 0 Å². The van der Waals surface area contributed by atoms with Crippen LogP contribution in [0.5, 0.6) is 0 Å². The zero-order chi connectivity index (χ0) is 19.5. The molecule has 1 aromatic carbocycles. The molecule has 1 aliphatic rings. The van der Waals surface area contributed by atoms with Gasteiger partial charge in [0.05, 0.1) is 11.1 Å². The number of hydrogen-bond donors (Lipinski definition) is 2. The Hall–Kier alpha value is -2.61. The number of rotatable bonds is 4. The average molecular weight is 364 g/mol. The lowest BCUT2D eigenvalue weighted by Gasteiger charge is -2.35. The van der Waals surface area contributed by atoms with Crippen LogP contribution in [0.4, 0.5) is 4.79 Å². The van der Waals surface area contributed by atoms with Crippen molar-refractivity contribution in [2.75, 3.05) is 26.2 Å². The molecule has 1 saturated heterocycles. The van der Waals surface area contributed by atoms with Gasteiger partial charge in [-0.05, 0) is 38.5 Å². The van der Waals surface area contributed by atoms with E-state index in [4.69, 9.17) is 9.84 Å². The Kier molecular flexibility index (Phi) is 5.86. The van der Waals surface area contributed by atoms with E-state index in [1.807, 2.05) is 20.8 Å². The normalized spacial score (nSPS) is 15.6. The van der Waals surface area contributed by atoms with E-state index in [0.717, 1.165) is 5.56 Å². The van der Waals surface area contributed by atoms with Crippen LogP contribution in [-0.2, 0) is 11.3 Å². The molecule has 0 aliphatic carbocycles. The van der Waals surface area contributed by atoms with Gasteiger partial charge in [0.1, 0.15) is 5.60 Å². The molecule has 0 spiro atoms. The third-order valence-corrected chi connectivity index (χ3v) is 3.97. The second kappa shape index (κ2) is 7.74. The number of carbonyl (C=O) groups excluding carboxylic acids is 1. The Labute approximate surface area is 152 Å². The van der Waals surface area contributed by atoms with Gasteiger partial charge in [-0.1, -0.05) is 6.07 Å². The molecule has 8 heteroatoms. The third-order valence-electron chi connectivity index (χ3n) is 3.97. The van der Waals surface area contributed by atoms with Gasteiger partial charge in [0.2, 0.25) is 0 Å². The van der Waals surface area contributed by atoms with Gasteiger partial charge in [-0.25, -0.2) is 14.4 Å². The zero-order valence-electron chi connectivity index (χ0n) is 15.2. The van der Waals surface area contributed by atoms with E-state index in [-0.39, 0.29) is 17.2 Å². The van der Waals surface area contributed by atoms with E-state index < -0.39 is 17.5 Å². The van der Waals surface area contributed by atoms with Crippen molar-refractivity contribution in [3.63, 3.8) is 0 Å². The van der Waals surface area contributed by atoms with Crippen LogP contribution in [0.2, 0.25) is 0 Å². The minimum Gasteiger partial charge on any atom is -0.478 e. The predicted molar refractivity (Wildman–Crippen MR) is 93.4 cm³/mol. The molecule has 0 aromatic heterocycles. The van der Waals surface area contributed by atoms with E-state index in [2.05, 4.69) is 4.90 Å². The maximum Gasteiger partial charge on any atom is 0.410 e. The number of carbonyl (C=O) groups is 3. The standard InChI is InChI=1S/C18H24N2O6/c1-18(2,3)26-17(25)20-8-6-19(7-9-20)11-12-4-5-13(15(21)22)14(10-12)16(23)24/h4-5,10H,6-9,11H2,1-3H3,(H,21,22)(H,23,24). The highest BCUT2D eigenvalue weighted by Gasteiger charge is 2.26. The quantitative estimate of drug-likeness (QED) is 0.843. The minimum absolute atomic E-state index is 0.220. The van der Waals surface area contributed by atoms with Crippen LogP contribution in [-0.4, -0.2) is 69.8 Å². The Morgan fingerprint density at radius 3 is 2.08 bits per heavy atom. The Morgan fingerprint density at radius 2 is 1.58 bits per heavy atom. The summed E-state index contributed by atoms with van der Waals surface area (Å²) in [7, 11) is 0. The molecule has 0 atom stereocenters. The van der Waals surface area contributed by atoms with Crippen molar-refractivity contribution in [3.05, 3.63) is 34.9 Å². The van der Waals surface area contributed by atoms with Crippen LogP contribution in [0.15, 0.2) is 18.2 Å². The summed E-state index contributed by atoms with van der Waals surface area (Å²) in [5.74, 6) is -2.53. The van der Waals surface area contributed by atoms with Gasteiger partial charge >= 0.3 is 18.0 Å². The number of nitrogens with zero attached hydrogens (tertiary/aromatic N) is 2. The molecule has 0 bridgehead atoms. The topological polar surface area (TPSA) is 107 Å². The van der Waals surface area contributed by atoms with Gasteiger partial charge < -0.3 is 19.8 Å². The van der Waals surface area contributed by atoms with Crippen molar-refractivity contribution in [1.82, 2.24) is 9.80 Å². The summed E-state index contributed by atoms with van der Waals surface area (Å²) in [6.07, 6.45) is -0.337. The van der Waals surface area contributed by atoms with Gasteiger partial charge in [-0.15, -0.1) is 0 Å². The summed E-state index contributed by atoms with van der Waals surface area (Å²) in [6.45, 7) is 8.25. The fourth-order valence-corrected chi connectivity index (χ4v) is 2.73. The molecule has 1 amide bonds. The van der Waals surface area contributed by atoms with Crippen molar-refractivity contribution in [1.29, 1.82) is 0 Å². The first kappa shape index (κ1) is 19.7. The molecule has 2 rings (SSSR count). The second-order valence-electron chi connectivity index (χ2n) is 7.23. The zero-order valence-corrected chi connectivity index (χ0v) is 15.2. The first-order valence-corrected chi connectivity index (χ1v) is 8.36. The van der Waals surface area contributed by atoms with Crippen molar-refractivity contribution in [3.8, 4) is 0 Å². The molecular weight excluding hydrogens is 340 g/mol. The lowest BCUT2D eigenvalue weighted by Crippen LogP contribution is -2.49. The number of ether oxygens (including phenoxy) is 1. The van der Waals surface area contributed by atoms with Crippen LogP contribution in [0.25, 0.3) is 0 Å². The Bertz CT molecular complexity index is 702. The number of carboxylic acid groups (broad SMARTS) is 2. The molecule has 2 N–H and O–H groups in total. The SMILES string of the molecule is CC(C)(C)OC(=O)N1CCN(Cc2ccc(C(=O)O)c(C(=O)O)c2)CC1. The van der Waals surface area contributed by atoms with Gasteiger partial charge in [0.25, 0.3) is 0 Å². The van der Waals surface area contributed by atoms with Gasteiger partial charge in [0, 0.05) is 32.7 Å². The Balaban J connectivity index is 1.97. The molecule has 8 nitrogen and oxygen atoms in total. The fraction of sp³-hybridized carbons (Fsp3) is 0.500. The summed E-state index contributed by atoms with van der Waals surface area (Å²) < 4.78 is 5.36. The fourth-order valence-electron chi connectivity index (χ4n) is 2.73. The summed E-state index contributed by atoms with van der Waals surface area (Å²) in [5.41, 5.74) is -0.260. The molecule has 1 aliphatic heterocycles. The summed E-state index contributed by atoms with van der Waals surface area (Å²) in [6, 6.07) is 4.33. The van der Waals surface area contributed by atoms with Crippen molar-refractivity contribution >= 4 is 18.0 Å². The molecule has 1 fully saturated rings. The van der Waals surface area contributed by atoms with Gasteiger partial charge in [0.15, 0.2) is 0 Å². The molecule has 1 heterocycles. The van der Waals surface area contributed by atoms with E-state index in [9.17, 15) is 19.5 Å². The minimum atomic E-state index is -1.26. The highest BCUT2D eigenvalue weighted by atomic mass is 16.6. The average Bonchev–Trinajstić information content (AvgIpc) is 2.53. The third kappa shape index (κ3) is 5.19. The van der Waals surface area contributed by atoms with Crippen molar-refractivity contribution in [2.45, 2.75) is 32.9 Å². The highest BCUT2D eigenvalue weighted by Crippen LogP contribution is 2.16. The largest absolute Gasteiger partial charge is 0.478 e. The van der Waals surface area contributed by atoms with Crippen LogP contribution in [0.3, 0.4) is 0 Å². The monoisotopic (exact) mass is 364 g/mol. The number of piperazine rings is 1. The number of aromatic carboxylic acids is 2. The molecule has 142 valence electrons. The van der Waals surface area contributed by atoms with Crippen LogP contribution < -0.4 is 0 Å². The first-order chi connectivity index (χ1) is 12.1. The van der Waals surface area contributed by atoms with Crippen molar-refractivity contribution in [2.24, 2.45) is 0 Å². The summed E-state index contributed by atoms with van der Waals surface area (Å²) in [5, 5.41) is 18.3. The van der Waals surface area contributed by atoms with E-state index in [0.29, 0.717) is 32.7 Å². The van der Waals surface area contributed by atoms with Crippen LogP contribution in [0, 0.1) is 0 Å². The van der Waals surface area contributed by atoms with Gasteiger partial charge in [-0.3, -0.25) is 4.90 Å². The molecule has 26 heavy (non-hydrogen) atoms. The molecule has 0 saturated carbocycles. The first-order valence-electron chi connectivity index (χ1n) is 8.36. The number of hydrogen-bond acceptors (Lipinski definition) is 5. The summed E-state index contributed by atoms with van der Waals surface area (Å²) in [4.78, 5) is 38.2. The number of amides is 1. The van der Waals surface area contributed by atoms with E-state index in [1.54, 1.807) is 11.0 Å². The molecular formula is C18H24N2O6. The molecule has 0 radical (unpaired) electrons. The number of benzene rings is 1.